The molecule has 22 heavy (non-hydrogen) atoms. The molecule has 1 saturated heterocycles. The number of hydrogen-bond donors (Lipinski definition) is 1. The number of nitrogens with zero attached hydrogens (tertiary/aromatic N) is 1. The first-order valence-electron chi connectivity index (χ1n) is 7.72. The fourth-order valence-electron chi connectivity index (χ4n) is 2.78. The van der Waals surface area contributed by atoms with Crippen molar-refractivity contribution in [3.8, 4) is 5.75 Å². The monoisotopic (exact) mass is 300 g/mol. The van der Waals surface area contributed by atoms with E-state index in [1.54, 1.807) is 11.0 Å². The molecule has 2 amide bonds. The molecule has 0 aromatic heterocycles. The highest BCUT2D eigenvalue weighted by Crippen LogP contribution is 2.26. The van der Waals surface area contributed by atoms with Gasteiger partial charge in [0.15, 0.2) is 0 Å². The zero-order chi connectivity index (χ0) is 15.4. The average Bonchev–Trinajstić information content (AvgIpc) is 3.20. The normalized spacial score (nSPS) is 16.6. The zero-order valence-corrected chi connectivity index (χ0v) is 12.5. The molecule has 0 radical (unpaired) electrons. The Morgan fingerprint density at radius 2 is 2.09 bits per heavy atom. The van der Waals surface area contributed by atoms with E-state index in [1.807, 2.05) is 18.2 Å². The van der Waals surface area contributed by atoms with Crippen molar-refractivity contribution in [3.63, 3.8) is 0 Å². The lowest BCUT2D eigenvalue weighted by Crippen LogP contribution is -2.38. The van der Waals surface area contributed by atoms with Crippen molar-refractivity contribution in [2.45, 2.75) is 19.3 Å². The molecule has 5 heteroatoms. The van der Waals surface area contributed by atoms with Gasteiger partial charge in [-0.25, -0.2) is 0 Å². The minimum absolute atomic E-state index is 0.00562. The number of likely N-dealkylation sites (tertiary alicyclic amines) is 1. The standard InChI is InChI=1S/C17H20N2O3/c20-16(18-12-17(21)19-8-1-2-9-19)6-4-13-3-5-15-14(11-13)7-10-22-15/h3-6,11H,1-2,7-10,12H2,(H,18,20)/b6-4+. The Morgan fingerprint density at radius 3 is 2.91 bits per heavy atom. The van der Waals surface area contributed by atoms with E-state index in [4.69, 9.17) is 4.74 Å². The Labute approximate surface area is 129 Å². The summed E-state index contributed by atoms with van der Waals surface area (Å²) in [4.78, 5) is 25.4. The summed E-state index contributed by atoms with van der Waals surface area (Å²) in [5, 5.41) is 2.64. The van der Waals surface area contributed by atoms with Gasteiger partial charge < -0.3 is 15.0 Å². The Kier molecular flexibility index (Phi) is 4.42. The molecule has 2 aliphatic rings. The Balaban J connectivity index is 1.49. The van der Waals surface area contributed by atoms with E-state index in [9.17, 15) is 9.59 Å². The van der Waals surface area contributed by atoms with E-state index < -0.39 is 0 Å². The quantitative estimate of drug-likeness (QED) is 0.855. The van der Waals surface area contributed by atoms with Crippen LogP contribution in [0.25, 0.3) is 6.08 Å². The summed E-state index contributed by atoms with van der Waals surface area (Å²) in [5.74, 6) is 0.677. The van der Waals surface area contributed by atoms with Gasteiger partial charge >= 0.3 is 0 Å². The Bertz CT molecular complexity index is 604. The molecule has 1 fully saturated rings. The van der Waals surface area contributed by atoms with Gasteiger partial charge in [-0.05, 0) is 42.2 Å². The van der Waals surface area contributed by atoms with E-state index in [0.29, 0.717) is 0 Å². The number of rotatable bonds is 4. The second kappa shape index (κ2) is 6.64. The number of ether oxygens (including phenoxy) is 1. The van der Waals surface area contributed by atoms with E-state index in [-0.39, 0.29) is 18.4 Å². The highest BCUT2D eigenvalue weighted by molar-refractivity contribution is 5.94. The molecule has 1 N–H and O–H groups in total. The molecule has 0 aliphatic carbocycles. The van der Waals surface area contributed by atoms with Crippen molar-refractivity contribution in [2.75, 3.05) is 26.2 Å². The molecule has 116 valence electrons. The summed E-state index contributed by atoms with van der Waals surface area (Å²) in [6.45, 7) is 2.41. The van der Waals surface area contributed by atoms with Crippen LogP contribution in [0.3, 0.4) is 0 Å². The molecule has 5 nitrogen and oxygen atoms in total. The van der Waals surface area contributed by atoms with Gasteiger partial charge in [-0.15, -0.1) is 0 Å². The molecule has 0 bridgehead atoms. The number of hydrogen-bond acceptors (Lipinski definition) is 3. The van der Waals surface area contributed by atoms with Crippen LogP contribution in [0.5, 0.6) is 5.75 Å². The number of carbonyl (C=O) groups is 2. The van der Waals surface area contributed by atoms with Crippen molar-refractivity contribution < 1.29 is 14.3 Å². The highest BCUT2D eigenvalue weighted by atomic mass is 16.5. The second-order valence-electron chi connectivity index (χ2n) is 5.60. The van der Waals surface area contributed by atoms with Crippen LogP contribution in [0.1, 0.15) is 24.0 Å². The lowest BCUT2D eigenvalue weighted by atomic mass is 10.1. The summed E-state index contributed by atoms with van der Waals surface area (Å²) in [6.07, 6.45) is 6.25. The summed E-state index contributed by atoms with van der Waals surface area (Å²) < 4.78 is 5.45. The van der Waals surface area contributed by atoms with Gasteiger partial charge in [0.25, 0.3) is 0 Å². The molecule has 0 saturated carbocycles. The molecule has 2 aliphatic heterocycles. The third kappa shape index (κ3) is 3.47. The van der Waals surface area contributed by atoms with Crippen molar-refractivity contribution in [2.24, 2.45) is 0 Å². The number of amides is 2. The van der Waals surface area contributed by atoms with Gasteiger partial charge in [-0.3, -0.25) is 9.59 Å². The van der Waals surface area contributed by atoms with Crippen LogP contribution < -0.4 is 10.1 Å². The van der Waals surface area contributed by atoms with Gasteiger partial charge in [0.05, 0.1) is 13.2 Å². The maximum absolute atomic E-state index is 11.8. The zero-order valence-electron chi connectivity index (χ0n) is 12.5. The minimum Gasteiger partial charge on any atom is -0.493 e. The third-order valence-corrected chi connectivity index (χ3v) is 4.01. The lowest BCUT2D eigenvalue weighted by molar-refractivity contribution is -0.131. The first kappa shape index (κ1) is 14.6. The summed E-state index contributed by atoms with van der Waals surface area (Å²) in [5.41, 5.74) is 2.14. The van der Waals surface area contributed by atoms with Crippen molar-refractivity contribution in [1.82, 2.24) is 10.2 Å². The van der Waals surface area contributed by atoms with Gasteiger partial charge in [0.1, 0.15) is 5.75 Å². The van der Waals surface area contributed by atoms with Crippen LogP contribution in [0.15, 0.2) is 24.3 Å². The van der Waals surface area contributed by atoms with Crippen molar-refractivity contribution in [1.29, 1.82) is 0 Å². The maximum Gasteiger partial charge on any atom is 0.244 e. The van der Waals surface area contributed by atoms with Crippen molar-refractivity contribution >= 4 is 17.9 Å². The Hall–Kier alpha value is -2.30. The van der Waals surface area contributed by atoms with Gasteiger partial charge in [0, 0.05) is 25.6 Å². The molecule has 1 aromatic rings. The van der Waals surface area contributed by atoms with Gasteiger partial charge in [-0.2, -0.15) is 0 Å². The summed E-state index contributed by atoms with van der Waals surface area (Å²) >= 11 is 0. The molecular weight excluding hydrogens is 280 g/mol. The van der Waals surface area contributed by atoms with Crippen LogP contribution in [0.4, 0.5) is 0 Å². The molecule has 3 rings (SSSR count). The fraction of sp³-hybridized carbons (Fsp3) is 0.412. The second-order valence-corrected chi connectivity index (χ2v) is 5.60. The SMILES string of the molecule is O=C(/C=C/c1ccc2c(c1)CCO2)NCC(=O)N1CCCC1. The van der Waals surface area contributed by atoms with Crippen LogP contribution in [0.2, 0.25) is 0 Å². The Morgan fingerprint density at radius 1 is 1.27 bits per heavy atom. The van der Waals surface area contributed by atoms with Crippen molar-refractivity contribution in [3.05, 3.63) is 35.4 Å². The van der Waals surface area contributed by atoms with Crippen LogP contribution in [0, 0.1) is 0 Å². The number of benzene rings is 1. The van der Waals surface area contributed by atoms with E-state index in [0.717, 1.165) is 50.3 Å². The molecule has 1 aromatic carbocycles. The summed E-state index contributed by atoms with van der Waals surface area (Å²) in [6, 6.07) is 5.88. The first-order valence-corrected chi connectivity index (χ1v) is 7.72. The van der Waals surface area contributed by atoms with Crippen LogP contribution >= 0.6 is 0 Å². The molecule has 0 spiro atoms. The highest BCUT2D eigenvalue weighted by Gasteiger charge is 2.17. The van der Waals surface area contributed by atoms with Gasteiger partial charge in [-0.1, -0.05) is 6.07 Å². The largest absolute Gasteiger partial charge is 0.493 e. The molecule has 2 heterocycles. The van der Waals surface area contributed by atoms with E-state index in [1.165, 1.54) is 11.6 Å². The molecule has 0 atom stereocenters. The number of fused-ring (bicyclic) bond motifs is 1. The smallest absolute Gasteiger partial charge is 0.244 e. The fourth-order valence-corrected chi connectivity index (χ4v) is 2.78. The first-order chi connectivity index (χ1) is 10.7. The van der Waals surface area contributed by atoms with Crippen LogP contribution in [-0.2, 0) is 16.0 Å². The van der Waals surface area contributed by atoms with Crippen LogP contribution in [-0.4, -0.2) is 43.0 Å². The molecule has 0 unspecified atom stereocenters. The minimum atomic E-state index is -0.246. The van der Waals surface area contributed by atoms with E-state index >= 15 is 0 Å². The third-order valence-electron chi connectivity index (χ3n) is 4.01. The summed E-state index contributed by atoms with van der Waals surface area (Å²) in [7, 11) is 0. The predicted molar refractivity (Wildman–Crippen MR) is 83.5 cm³/mol. The average molecular weight is 300 g/mol. The van der Waals surface area contributed by atoms with Gasteiger partial charge in [0.2, 0.25) is 11.8 Å². The topological polar surface area (TPSA) is 58.6 Å². The molecular formula is C17H20N2O3. The lowest BCUT2D eigenvalue weighted by Gasteiger charge is -2.14. The van der Waals surface area contributed by atoms with E-state index in [2.05, 4.69) is 5.32 Å². The number of nitrogens with one attached hydrogen (secondary N) is 1. The maximum atomic E-state index is 11.8. The number of carbonyl (C=O) groups excluding carboxylic acids is 2. The predicted octanol–water partition coefficient (Wildman–Crippen LogP) is 1.37.